The van der Waals surface area contributed by atoms with E-state index in [-0.39, 0.29) is 0 Å². The molecule has 0 aliphatic carbocycles. The standard InChI is InChI=1S/C14H27N3/c1-6-9-15-12(7-8-14(2,3)4)13-16-10-11-17(13)5/h10-12,15H,6-9H2,1-5H3. The molecule has 0 saturated carbocycles. The number of nitrogens with one attached hydrogen (secondary N) is 1. The van der Waals surface area contributed by atoms with E-state index in [4.69, 9.17) is 0 Å². The molecule has 0 bridgehead atoms. The minimum absolute atomic E-state index is 0.383. The average molecular weight is 237 g/mol. The van der Waals surface area contributed by atoms with Crippen molar-refractivity contribution in [3.05, 3.63) is 18.2 Å². The van der Waals surface area contributed by atoms with Crippen molar-refractivity contribution in [3.8, 4) is 0 Å². The number of imidazole rings is 1. The smallest absolute Gasteiger partial charge is 0.125 e. The number of nitrogens with zero attached hydrogens (tertiary/aromatic N) is 2. The number of hydrogen-bond acceptors (Lipinski definition) is 2. The van der Waals surface area contributed by atoms with Crippen molar-refractivity contribution in [2.24, 2.45) is 12.5 Å². The van der Waals surface area contributed by atoms with Crippen LogP contribution in [0.1, 0.15) is 58.8 Å². The Labute approximate surface area is 106 Å². The summed E-state index contributed by atoms with van der Waals surface area (Å²) in [5, 5.41) is 3.60. The van der Waals surface area contributed by atoms with Crippen molar-refractivity contribution in [1.29, 1.82) is 0 Å². The first kappa shape index (κ1) is 14.2. The minimum atomic E-state index is 0.383. The third-order valence-corrected chi connectivity index (χ3v) is 2.99. The molecule has 98 valence electrons. The predicted octanol–water partition coefficient (Wildman–Crippen LogP) is 3.29. The number of aromatic nitrogens is 2. The lowest BCUT2D eigenvalue weighted by atomic mass is 9.88. The van der Waals surface area contributed by atoms with Crippen LogP contribution in [-0.2, 0) is 7.05 Å². The SMILES string of the molecule is CCCNC(CCC(C)(C)C)c1nccn1C. The summed E-state index contributed by atoms with van der Waals surface area (Å²) in [6.07, 6.45) is 7.42. The molecule has 0 radical (unpaired) electrons. The van der Waals surface area contributed by atoms with Gasteiger partial charge in [-0.05, 0) is 31.2 Å². The van der Waals surface area contributed by atoms with Crippen molar-refractivity contribution in [3.63, 3.8) is 0 Å². The molecule has 0 amide bonds. The number of aryl methyl sites for hydroxylation is 1. The topological polar surface area (TPSA) is 29.9 Å². The van der Waals surface area contributed by atoms with Crippen molar-refractivity contribution in [1.82, 2.24) is 14.9 Å². The zero-order valence-electron chi connectivity index (χ0n) is 12.0. The lowest BCUT2D eigenvalue weighted by Gasteiger charge is -2.23. The fourth-order valence-electron chi connectivity index (χ4n) is 1.93. The molecule has 17 heavy (non-hydrogen) atoms. The van der Waals surface area contributed by atoms with Crippen LogP contribution in [0.4, 0.5) is 0 Å². The molecule has 1 unspecified atom stereocenters. The number of hydrogen-bond donors (Lipinski definition) is 1. The van der Waals surface area contributed by atoms with E-state index in [2.05, 4.69) is 49.6 Å². The van der Waals surface area contributed by atoms with Gasteiger partial charge in [-0.3, -0.25) is 0 Å². The molecule has 1 rings (SSSR count). The molecule has 0 fully saturated rings. The summed E-state index contributed by atoms with van der Waals surface area (Å²) in [6.45, 7) is 10.1. The Bertz CT molecular complexity index is 322. The Morgan fingerprint density at radius 1 is 1.41 bits per heavy atom. The lowest BCUT2D eigenvalue weighted by Crippen LogP contribution is -2.26. The Balaban J connectivity index is 2.64. The largest absolute Gasteiger partial charge is 0.337 e. The zero-order valence-corrected chi connectivity index (χ0v) is 12.0. The highest BCUT2D eigenvalue weighted by atomic mass is 15.1. The molecule has 3 heteroatoms. The molecule has 0 spiro atoms. The molecule has 1 aromatic heterocycles. The first-order chi connectivity index (χ1) is 7.94. The van der Waals surface area contributed by atoms with Gasteiger partial charge in [-0.25, -0.2) is 4.98 Å². The van der Waals surface area contributed by atoms with Crippen molar-refractivity contribution < 1.29 is 0 Å². The average Bonchev–Trinajstić information content (AvgIpc) is 2.63. The van der Waals surface area contributed by atoms with Crippen molar-refractivity contribution in [2.75, 3.05) is 6.54 Å². The molecule has 0 aliphatic rings. The van der Waals surface area contributed by atoms with E-state index in [1.165, 1.54) is 6.42 Å². The van der Waals surface area contributed by atoms with Crippen LogP contribution >= 0.6 is 0 Å². The maximum atomic E-state index is 4.47. The van der Waals surface area contributed by atoms with Gasteiger partial charge in [-0.1, -0.05) is 27.7 Å². The van der Waals surface area contributed by atoms with Gasteiger partial charge >= 0.3 is 0 Å². The highest BCUT2D eigenvalue weighted by Gasteiger charge is 2.18. The van der Waals surface area contributed by atoms with Crippen LogP contribution in [0.25, 0.3) is 0 Å². The van der Waals surface area contributed by atoms with Gasteiger partial charge in [0.1, 0.15) is 5.82 Å². The molecule has 0 aromatic carbocycles. The van der Waals surface area contributed by atoms with Crippen molar-refractivity contribution in [2.45, 2.75) is 53.0 Å². The highest BCUT2D eigenvalue weighted by Crippen LogP contribution is 2.26. The third kappa shape index (κ3) is 4.90. The summed E-state index contributed by atoms with van der Waals surface area (Å²) < 4.78 is 2.12. The second-order valence-corrected chi connectivity index (χ2v) is 6.00. The molecule has 1 heterocycles. The second kappa shape index (κ2) is 6.20. The van der Waals surface area contributed by atoms with Crippen LogP contribution < -0.4 is 5.32 Å². The summed E-state index contributed by atoms with van der Waals surface area (Å²) in [5.74, 6) is 1.16. The van der Waals surface area contributed by atoms with Gasteiger partial charge in [0.15, 0.2) is 0 Å². The first-order valence-electron chi connectivity index (χ1n) is 6.64. The van der Waals surface area contributed by atoms with Gasteiger partial charge in [0, 0.05) is 19.4 Å². The summed E-state index contributed by atoms with van der Waals surface area (Å²) in [4.78, 5) is 4.47. The fraction of sp³-hybridized carbons (Fsp3) is 0.786. The van der Waals surface area contributed by atoms with Gasteiger partial charge in [-0.15, -0.1) is 0 Å². The lowest BCUT2D eigenvalue weighted by molar-refractivity contribution is 0.325. The van der Waals surface area contributed by atoms with Crippen LogP contribution in [-0.4, -0.2) is 16.1 Å². The molecule has 3 nitrogen and oxygen atoms in total. The van der Waals surface area contributed by atoms with Crippen LogP contribution in [0, 0.1) is 5.41 Å². The molecule has 1 atom stereocenters. The van der Waals surface area contributed by atoms with Crippen molar-refractivity contribution >= 4 is 0 Å². The normalized spacial score (nSPS) is 13.9. The third-order valence-electron chi connectivity index (χ3n) is 2.99. The highest BCUT2D eigenvalue weighted by molar-refractivity contribution is 4.99. The Morgan fingerprint density at radius 2 is 2.12 bits per heavy atom. The zero-order chi connectivity index (χ0) is 12.9. The van der Waals surface area contributed by atoms with Gasteiger partial charge in [0.2, 0.25) is 0 Å². The Kier molecular flexibility index (Phi) is 5.19. The van der Waals surface area contributed by atoms with Gasteiger partial charge in [0.05, 0.1) is 6.04 Å². The van der Waals surface area contributed by atoms with E-state index < -0.39 is 0 Å². The molecule has 0 aliphatic heterocycles. The summed E-state index contributed by atoms with van der Waals surface area (Å²) >= 11 is 0. The summed E-state index contributed by atoms with van der Waals surface area (Å²) in [6, 6.07) is 0.383. The van der Waals surface area contributed by atoms with Crippen LogP contribution in [0.2, 0.25) is 0 Å². The molecular weight excluding hydrogens is 210 g/mol. The summed E-state index contributed by atoms with van der Waals surface area (Å²) in [7, 11) is 2.07. The second-order valence-electron chi connectivity index (χ2n) is 6.00. The van der Waals surface area contributed by atoms with Gasteiger partial charge < -0.3 is 9.88 Å². The van der Waals surface area contributed by atoms with E-state index >= 15 is 0 Å². The van der Waals surface area contributed by atoms with Crippen LogP contribution in [0.15, 0.2) is 12.4 Å². The van der Waals surface area contributed by atoms with Gasteiger partial charge in [-0.2, -0.15) is 0 Å². The number of rotatable bonds is 6. The molecular formula is C14H27N3. The van der Waals surface area contributed by atoms with Gasteiger partial charge in [0.25, 0.3) is 0 Å². The summed E-state index contributed by atoms with van der Waals surface area (Å²) in [5.41, 5.74) is 0.386. The Hall–Kier alpha value is -0.830. The maximum absolute atomic E-state index is 4.47. The van der Waals surface area contributed by atoms with E-state index in [1.54, 1.807) is 0 Å². The monoisotopic (exact) mass is 237 g/mol. The van der Waals surface area contributed by atoms with E-state index in [9.17, 15) is 0 Å². The van der Waals surface area contributed by atoms with E-state index in [0.29, 0.717) is 11.5 Å². The Morgan fingerprint density at radius 3 is 2.59 bits per heavy atom. The van der Waals surface area contributed by atoms with E-state index in [0.717, 1.165) is 25.2 Å². The molecule has 1 N–H and O–H groups in total. The predicted molar refractivity (Wildman–Crippen MR) is 72.9 cm³/mol. The molecule has 1 aromatic rings. The van der Waals surface area contributed by atoms with Crippen LogP contribution in [0.5, 0.6) is 0 Å². The van der Waals surface area contributed by atoms with Crippen LogP contribution in [0.3, 0.4) is 0 Å². The van der Waals surface area contributed by atoms with E-state index in [1.807, 2.05) is 12.4 Å². The first-order valence-corrected chi connectivity index (χ1v) is 6.64. The fourth-order valence-corrected chi connectivity index (χ4v) is 1.93. The maximum Gasteiger partial charge on any atom is 0.125 e. The molecule has 0 saturated heterocycles. The quantitative estimate of drug-likeness (QED) is 0.823. The minimum Gasteiger partial charge on any atom is -0.337 e.